The third-order valence-electron chi connectivity index (χ3n) is 3.19. The summed E-state index contributed by atoms with van der Waals surface area (Å²) in [5, 5.41) is 6.66. The lowest BCUT2D eigenvalue weighted by molar-refractivity contribution is 0.683. The van der Waals surface area contributed by atoms with E-state index in [9.17, 15) is 0 Å². The van der Waals surface area contributed by atoms with Gasteiger partial charge in [0.1, 0.15) is 0 Å². The van der Waals surface area contributed by atoms with Crippen molar-refractivity contribution < 1.29 is 0 Å². The van der Waals surface area contributed by atoms with Crippen molar-refractivity contribution >= 4 is 27.8 Å². The molecule has 2 rings (SSSR count). The number of nitrogens with zero attached hydrogens (tertiary/aromatic N) is 2. The van der Waals surface area contributed by atoms with Crippen molar-refractivity contribution in [1.29, 1.82) is 0 Å². The lowest BCUT2D eigenvalue weighted by atomic mass is 10.3. The Balaban J connectivity index is 2.16. The van der Waals surface area contributed by atoms with E-state index in [-0.39, 0.29) is 0 Å². The molecule has 0 aliphatic rings. The van der Waals surface area contributed by atoms with Crippen LogP contribution in [0, 0.1) is 6.92 Å². The normalized spacial score (nSPS) is 11.2. The first-order valence-electron chi connectivity index (χ1n) is 7.07. The van der Waals surface area contributed by atoms with E-state index in [2.05, 4.69) is 55.4 Å². The molecular formula is C15H23N3S2. The van der Waals surface area contributed by atoms with Gasteiger partial charge in [0.25, 0.3) is 0 Å². The van der Waals surface area contributed by atoms with Gasteiger partial charge < -0.3 is 10.2 Å². The first kappa shape index (κ1) is 15.5. The van der Waals surface area contributed by atoms with Crippen LogP contribution >= 0.6 is 22.7 Å². The van der Waals surface area contributed by atoms with Crippen LogP contribution in [-0.2, 0) is 13.1 Å². The van der Waals surface area contributed by atoms with Gasteiger partial charge in [-0.15, -0.1) is 22.7 Å². The zero-order valence-electron chi connectivity index (χ0n) is 12.6. The molecule has 0 saturated carbocycles. The molecule has 0 radical (unpaired) electrons. The number of rotatable bonds is 7. The van der Waals surface area contributed by atoms with Gasteiger partial charge in [-0.1, -0.05) is 13.0 Å². The minimum absolute atomic E-state index is 0.453. The second kappa shape index (κ2) is 7.20. The summed E-state index contributed by atoms with van der Waals surface area (Å²) < 4.78 is 0. The van der Waals surface area contributed by atoms with Crippen LogP contribution in [0.2, 0.25) is 0 Å². The molecule has 110 valence electrons. The van der Waals surface area contributed by atoms with Crippen LogP contribution in [0.25, 0.3) is 0 Å². The molecule has 0 unspecified atom stereocenters. The zero-order valence-corrected chi connectivity index (χ0v) is 14.3. The highest BCUT2D eigenvalue weighted by Gasteiger charge is 2.17. The minimum atomic E-state index is 0.453. The highest BCUT2D eigenvalue weighted by Crippen LogP contribution is 2.29. The molecule has 0 saturated heterocycles. The molecule has 2 aromatic rings. The number of anilines is 1. The predicted octanol–water partition coefficient (Wildman–Crippen LogP) is 4.04. The van der Waals surface area contributed by atoms with Crippen molar-refractivity contribution in [2.45, 2.75) is 46.8 Å². The lowest BCUT2D eigenvalue weighted by Gasteiger charge is -2.25. The molecule has 0 amide bonds. The molecule has 20 heavy (non-hydrogen) atoms. The first-order chi connectivity index (χ1) is 9.61. The molecule has 2 heterocycles. The maximum Gasteiger partial charge on any atom is 0.186 e. The van der Waals surface area contributed by atoms with E-state index in [0.717, 1.165) is 30.5 Å². The van der Waals surface area contributed by atoms with Crippen LogP contribution in [0.15, 0.2) is 17.5 Å². The molecule has 0 aliphatic heterocycles. The van der Waals surface area contributed by atoms with E-state index >= 15 is 0 Å². The van der Waals surface area contributed by atoms with Crippen molar-refractivity contribution in [3.63, 3.8) is 0 Å². The van der Waals surface area contributed by atoms with Crippen molar-refractivity contribution in [3.8, 4) is 0 Å². The Labute approximate surface area is 129 Å². The van der Waals surface area contributed by atoms with Crippen LogP contribution in [0.3, 0.4) is 0 Å². The Bertz CT molecular complexity index is 517. The summed E-state index contributed by atoms with van der Waals surface area (Å²) >= 11 is 3.63. The summed E-state index contributed by atoms with van der Waals surface area (Å²) in [4.78, 5) is 9.90. The van der Waals surface area contributed by atoms with E-state index in [4.69, 9.17) is 4.98 Å². The van der Waals surface area contributed by atoms with Gasteiger partial charge in [0.2, 0.25) is 0 Å². The smallest absolute Gasteiger partial charge is 0.186 e. The minimum Gasteiger partial charge on any atom is -0.341 e. The topological polar surface area (TPSA) is 28.2 Å². The molecule has 0 fully saturated rings. The van der Waals surface area contributed by atoms with Crippen LogP contribution in [0.1, 0.15) is 36.2 Å². The van der Waals surface area contributed by atoms with Gasteiger partial charge in [-0.3, -0.25) is 0 Å². The van der Waals surface area contributed by atoms with Gasteiger partial charge >= 0.3 is 0 Å². The Morgan fingerprint density at radius 2 is 2.20 bits per heavy atom. The highest BCUT2D eigenvalue weighted by atomic mass is 32.1. The Morgan fingerprint density at radius 1 is 1.40 bits per heavy atom. The SMILES string of the molecule is CCNCc1sc(N(Cc2cccs2)C(C)C)nc1C. The summed E-state index contributed by atoms with van der Waals surface area (Å²) in [5.41, 5.74) is 1.16. The maximum absolute atomic E-state index is 4.77. The van der Waals surface area contributed by atoms with Crippen LogP contribution in [0.5, 0.6) is 0 Å². The number of aryl methyl sites for hydroxylation is 1. The van der Waals surface area contributed by atoms with E-state index in [1.807, 2.05) is 22.7 Å². The van der Waals surface area contributed by atoms with Crippen molar-refractivity contribution in [2.24, 2.45) is 0 Å². The van der Waals surface area contributed by atoms with E-state index in [1.165, 1.54) is 9.75 Å². The predicted molar refractivity (Wildman–Crippen MR) is 89.9 cm³/mol. The molecular weight excluding hydrogens is 286 g/mol. The van der Waals surface area contributed by atoms with Gasteiger partial charge in [-0.2, -0.15) is 0 Å². The third-order valence-corrected chi connectivity index (χ3v) is 5.25. The fourth-order valence-electron chi connectivity index (χ4n) is 1.98. The number of thiazole rings is 1. The van der Waals surface area contributed by atoms with E-state index < -0.39 is 0 Å². The summed E-state index contributed by atoms with van der Waals surface area (Å²) in [6, 6.07) is 4.76. The Morgan fingerprint density at radius 3 is 2.80 bits per heavy atom. The number of hydrogen-bond donors (Lipinski definition) is 1. The van der Waals surface area contributed by atoms with Crippen molar-refractivity contribution in [2.75, 3.05) is 11.4 Å². The van der Waals surface area contributed by atoms with Gasteiger partial charge in [0.15, 0.2) is 5.13 Å². The third kappa shape index (κ3) is 3.81. The average molecular weight is 310 g/mol. The number of hydrogen-bond acceptors (Lipinski definition) is 5. The second-order valence-electron chi connectivity index (χ2n) is 5.09. The monoisotopic (exact) mass is 309 g/mol. The van der Waals surface area contributed by atoms with Crippen molar-refractivity contribution in [1.82, 2.24) is 10.3 Å². The van der Waals surface area contributed by atoms with Gasteiger partial charge in [-0.05, 0) is 38.8 Å². The van der Waals surface area contributed by atoms with Crippen LogP contribution in [0.4, 0.5) is 5.13 Å². The molecule has 0 spiro atoms. The molecule has 0 atom stereocenters. The molecule has 0 aromatic carbocycles. The molecule has 1 N–H and O–H groups in total. The van der Waals surface area contributed by atoms with Crippen LogP contribution in [-0.4, -0.2) is 17.6 Å². The number of nitrogens with one attached hydrogen (secondary N) is 1. The fourth-order valence-corrected chi connectivity index (χ4v) is 3.85. The number of aromatic nitrogens is 1. The number of thiophene rings is 1. The molecule has 3 nitrogen and oxygen atoms in total. The van der Waals surface area contributed by atoms with Gasteiger partial charge in [-0.25, -0.2) is 4.98 Å². The maximum atomic E-state index is 4.77. The summed E-state index contributed by atoms with van der Waals surface area (Å²) in [6.45, 7) is 11.6. The summed E-state index contributed by atoms with van der Waals surface area (Å²) in [6.07, 6.45) is 0. The summed E-state index contributed by atoms with van der Waals surface area (Å²) in [7, 11) is 0. The van der Waals surface area contributed by atoms with Gasteiger partial charge in [0, 0.05) is 22.3 Å². The molecule has 5 heteroatoms. The second-order valence-corrected chi connectivity index (χ2v) is 7.18. The van der Waals surface area contributed by atoms with Gasteiger partial charge in [0.05, 0.1) is 12.2 Å². The highest BCUT2D eigenvalue weighted by molar-refractivity contribution is 7.15. The van der Waals surface area contributed by atoms with E-state index in [0.29, 0.717) is 6.04 Å². The Kier molecular flexibility index (Phi) is 5.57. The summed E-state index contributed by atoms with van der Waals surface area (Å²) in [5.74, 6) is 0. The molecule has 2 aromatic heterocycles. The standard InChI is InChI=1S/C15H23N3S2/c1-5-16-9-14-12(4)17-15(20-14)18(11(2)3)10-13-7-6-8-19-13/h6-8,11,16H,5,9-10H2,1-4H3. The van der Waals surface area contributed by atoms with E-state index in [1.54, 1.807) is 0 Å². The lowest BCUT2D eigenvalue weighted by Crippen LogP contribution is -2.29. The fraction of sp³-hybridized carbons (Fsp3) is 0.533. The van der Waals surface area contributed by atoms with Crippen LogP contribution < -0.4 is 10.2 Å². The van der Waals surface area contributed by atoms with Crippen molar-refractivity contribution in [3.05, 3.63) is 33.0 Å². The molecule has 0 bridgehead atoms. The zero-order chi connectivity index (χ0) is 14.5. The first-order valence-corrected chi connectivity index (χ1v) is 8.77. The molecule has 0 aliphatic carbocycles. The quantitative estimate of drug-likeness (QED) is 0.836. The Hall–Kier alpha value is -0.910. The largest absolute Gasteiger partial charge is 0.341 e. The average Bonchev–Trinajstić information content (AvgIpc) is 3.03.